The van der Waals surface area contributed by atoms with Crippen LogP contribution in [0.5, 0.6) is 0 Å². The van der Waals surface area contributed by atoms with Gasteiger partial charge in [0.15, 0.2) is 0 Å². The Hall–Kier alpha value is -3.63. The van der Waals surface area contributed by atoms with Crippen LogP contribution in [0.2, 0.25) is 0 Å². The van der Waals surface area contributed by atoms with Crippen molar-refractivity contribution in [2.24, 2.45) is 11.1 Å². The van der Waals surface area contributed by atoms with E-state index < -0.39 is 43.8 Å². The number of nitrogens with one attached hydrogen (secondary N) is 1. The zero-order valence-corrected chi connectivity index (χ0v) is 25.4. The summed E-state index contributed by atoms with van der Waals surface area (Å²) in [5, 5.41) is 7.39. The maximum absolute atomic E-state index is 13.9. The lowest BCUT2D eigenvalue weighted by Gasteiger charge is -2.30. The monoisotopic (exact) mass is 685 g/mol. The number of hydrogen-bond donors (Lipinski definition) is 2. The Bertz CT molecular complexity index is 1890. The highest BCUT2D eigenvalue weighted by molar-refractivity contribution is 9.10. The molecule has 6 rings (SSSR count). The van der Waals surface area contributed by atoms with Gasteiger partial charge in [0.05, 0.1) is 21.5 Å². The van der Waals surface area contributed by atoms with Gasteiger partial charge in [0.25, 0.3) is 0 Å². The van der Waals surface area contributed by atoms with Crippen molar-refractivity contribution in [3.8, 4) is 0 Å². The Morgan fingerprint density at radius 1 is 1.02 bits per heavy atom. The van der Waals surface area contributed by atoms with Crippen LogP contribution < -0.4 is 20.2 Å². The zero-order chi connectivity index (χ0) is 29.8. The van der Waals surface area contributed by atoms with Gasteiger partial charge >= 0.3 is 4.87 Å². The van der Waals surface area contributed by atoms with Gasteiger partial charge in [-0.2, -0.15) is 0 Å². The summed E-state index contributed by atoms with van der Waals surface area (Å²) < 4.78 is 25.1. The lowest BCUT2D eigenvalue weighted by molar-refractivity contribution is -0.122. The summed E-state index contributed by atoms with van der Waals surface area (Å²) in [6, 6.07) is 15.7. The van der Waals surface area contributed by atoms with E-state index in [2.05, 4.69) is 26.2 Å². The third kappa shape index (κ3) is 5.11. The number of carbonyl (C=O) groups is 3. The molecule has 0 bridgehead atoms. The van der Waals surface area contributed by atoms with Gasteiger partial charge in [0.2, 0.25) is 27.7 Å². The Morgan fingerprint density at radius 2 is 1.74 bits per heavy atom. The second-order valence-electron chi connectivity index (χ2n) is 9.56. The number of pyridine rings is 1. The predicted molar refractivity (Wildman–Crippen MR) is 161 cm³/mol. The number of thiazole rings is 1. The number of carbonyl (C=O) groups excluding carboxylic acids is 3. The van der Waals surface area contributed by atoms with Gasteiger partial charge in [-0.15, -0.1) is 0 Å². The molecule has 42 heavy (non-hydrogen) atoms. The molecule has 0 spiro atoms. The van der Waals surface area contributed by atoms with E-state index in [1.165, 1.54) is 33.7 Å². The van der Waals surface area contributed by atoms with E-state index in [-0.39, 0.29) is 17.3 Å². The van der Waals surface area contributed by atoms with Crippen molar-refractivity contribution in [3.63, 3.8) is 0 Å². The number of sulfonamides is 1. The van der Waals surface area contributed by atoms with Crippen molar-refractivity contribution < 1.29 is 22.8 Å². The number of anilines is 2. The van der Waals surface area contributed by atoms with Crippen molar-refractivity contribution in [3.05, 3.63) is 97.6 Å². The number of nitrogens with zero attached hydrogens (tertiary/aromatic N) is 3. The number of benzene rings is 2. The molecule has 3 N–H and O–H groups in total. The maximum atomic E-state index is 13.9. The molecule has 15 heteroatoms. The standard InChI is InChI=1S/C27H20BrN5O6S3/c28-15-3-7-17(8-4-15)33-24(35)21-20(14-2-1-11-30-12-14)23-26(40-22(21)25(33)36)32(27(37)41-23)13-19(34)31-16-5-9-18(10-6-16)42(29,38)39/h1-12,20-22H,13H2,(H,31,34)(H2,29,38,39)/t20-,21-,22+/m0/s1. The van der Waals surface area contributed by atoms with Crippen molar-refractivity contribution in [1.29, 1.82) is 0 Å². The molecule has 0 saturated carbocycles. The molecule has 2 aliphatic heterocycles. The largest absolute Gasteiger partial charge is 0.325 e. The molecule has 3 amide bonds. The summed E-state index contributed by atoms with van der Waals surface area (Å²) in [4.78, 5) is 59.3. The number of imide groups is 1. The highest BCUT2D eigenvalue weighted by atomic mass is 79.9. The fourth-order valence-corrected chi connectivity index (χ4v) is 8.64. The highest BCUT2D eigenvalue weighted by Crippen LogP contribution is 2.53. The Balaban J connectivity index is 1.35. The van der Waals surface area contributed by atoms with E-state index in [4.69, 9.17) is 5.14 Å². The number of primary sulfonamides is 1. The second-order valence-corrected chi connectivity index (χ2v) is 14.2. The van der Waals surface area contributed by atoms with Crippen molar-refractivity contribution in [2.45, 2.75) is 27.6 Å². The van der Waals surface area contributed by atoms with Crippen LogP contribution in [0.25, 0.3) is 0 Å². The molecule has 1 saturated heterocycles. The fourth-order valence-electron chi connectivity index (χ4n) is 5.09. The average Bonchev–Trinajstić information content (AvgIpc) is 3.40. The summed E-state index contributed by atoms with van der Waals surface area (Å²) in [5.41, 5.74) is 1.44. The Morgan fingerprint density at radius 3 is 2.38 bits per heavy atom. The van der Waals surface area contributed by atoms with Crippen molar-refractivity contribution in [2.75, 3.05) is 10.2 Å². The van der Waals surface area contributed by atoms with Crippen LogP contribution in [-0.2, 0) is 31.0 Å². The summed E-state index contributed by atoms with van der Waals surface area (Å²) in [7, 11) is -3.89. The van der Waals surface area contributed by atoms with Gasteiger partial charge in [0.1, 0.15) is 11.8 Å². The van der Waals surface area contributed by atoms with Crippen LogP contribution in [-0.4, -0.2) is 40.9 Å². The molecule has 11 nitrogen and oxygen atoms in total. The van der Waals surface area contributed by atoms with Gasteiger partial charge in [-0.25, -0.2) is 18.5 Å². The van der Waals surface area contributed by atoms with Crippen LogP contribution >= 0.6 is 39.0 Å². The van der Waals surface area contributed by atoms with Gasteiger partial charge in [0, 0.05) is 33.3 Å². The van der Waals surface area contributed by atoms with Gasteiger partial charge in [-0.1, -0.05) is 45.1 Å². The number of thioether (sulfide) groups is 1. The number of aromatic nitrogens is 2. The third-order valence-electron chi connectivity index (χ3n) is 6.95. The number of hydrogen-bond acceptors (Lipinski definition) is 9. The minimum atomic E-state index is -3.89. The van der Waals surface area contributed by atoms with Crippen LogP contribution in [0.1, 0.15) is 16.4 Å². The fraction of sp³-hybridized carbons (Fsp3) is 0.148. The molecule has 2 aliphatic rings. The topological polar surface area (TPSA) is 162 Å². The number of halogens is 1. The average molecular weight is 687 g/mol. The first kappa shape index (κ1) is 28.5. The molecule has 214 valence electrons. The summed E-state index contributed by atoms with van der Waals surface area (Å²) >= 11 is 5.42. The third-order valence-corrected chi connectivity index (χ3v) is 11.0. The van der Waals surface area contributed by atoms with Crippen LogP contribution in [0.15, 0.2) is 92.2 Å². The molecule has 4 heterocycles. The minimum Gasteiger partial charge on any atom is -0.325 e. The van der Waals surface area contributed by atoms with Crippen molar-refractivity contribution in [1.82, 2.24) is 9.55 Å². The number of nitrogens with two attached hydrogens (primary N) is 1. The van der Waals surface area contributed by atoms with E-state index in [1.807, 2.05) is 0 Å². The molecule has 0 unspecified atom stereocenters. The van der Waals surface area contributed by atoms with E-state index in [0.717, 1.165) is 27.6 Å². The molecule has 2 aromatic carbocycles. The summed E-state index contributed by atoms with van der Waals surface area (Å²) in [6.45, 7) is -0.357. The number of amides is 3. The lowest BCUT2D eigenvalue weighted by atomic mass is 9.84. The van der Waals surface area contributed by atoms with Gasteiger partial charge in [-0.3, -0.25) is 28.7 Å². The van der Waals surface area contributed by atoms with E-state index in [1.54, 1.807) is 48.8 Å². The molecule has 3 atom stereocenters. The molecule has 0 radical (unpaired) electrons. The molecular formula is C27H20BrN5O6S3. The molecule has 0 aliphatic carbocycles. The molecule has 4 aromatic rings. The smallest absolute Gasteiger partial charge is 0.308 e. The quantitative estimate of drug-likeness (QED) is 0.293. The Labute approximate surface area is 255 Å². The second kappa shape index (κ2) is 10.9. The molecule has 1 fully saturated rings. The Kier molecular flexibility index (Phi) is 7.39. The van der Waals surface area contributed by atoms with Crippen LogP contribution in [0.4, 0.5) is 11.4 Å². The van der Waals surface area contributed by atoms with E-state index >= 15 is 0 Å². The normalized spacial score (nSPS) is 19.9. The maximum Gasteiger partial charge on any atom is 0.308 e. The lowest BCUT2D eigenvalue weighted by Crippen LogP contribution is -2.33. The highest BCUT2D eigenvalue weighted by Gasteiger charge is 2.56. The first-order valence-electron chi connectivity index (χ1n) is 12.4. The summed E-state index contributed by atoms with van der Waals surface area (Å²) in [5.74, 6) is -2.70. The minimum absolute atomic E-state index is 0.107. The SMILES string of the molecule is NS(=O)(=O)c1ccc(NC(=O)Cn2c3c(sc2=O)[C@@H](c2cccnc2)[C@@H]2C(=O)N(c4ccc(Br)cc4)C(=O)[C@@H]2S3)cc1. The van der Waals surface area contributed by atoms with Gasteiger partial charge < -0.3 is 5.32 Å². The number of fused-ring (bicyclic) bond motifs is 2. The predicted octanol–water partition coefficient (Wildman–Crippen LogP) is 3.15. The van der Waals surface area contributed by atoms with Crippen molar-refractivity contribution >= 4 is 78.1 Å². The first-order chi connectivity index (χ1) is 20.0. The molecule has 2 aromatic heterocycles. The van der Waals surface area contributed by atoms with Crippen LogP contribution in [0.3, 0.4) is 0 Å². The zero-order valence-electron chi connectivity index (χ0n) is 21.3. The summed E-state index contributed by atoms with van der Waals surface area (Å²) in [6.07, 6.45) is 3.22. The van der Waals surface area contributed by atoms with E-state index in [0.29, 0.717) is 26.8 Å². The van der Waals surface area contributed by atoms with Gasteiger partial charge in [-0.05, 0) is 60.2 Å². The van der Waals surface area contributed by atoms with E-state index in [9.17, 15) is 27.6 Å². The molecular weight excluding hydrogens is 666 g/mol. The first-order valence-corrected chi connectivity index (χ1v) is 16.4. The van der Waals surface area contributed by atoms with Crippen LogP contribution in [0, 0.1) is 5.92 Å². The number of rotatable bonds is 6.